The van der Waals surface area contributed by atoms with Gasteiger partial charge in [0.25, 0.3) is 0 Å². The molecule has 5 heteroatoms. The summed E-state index contributed by atoms with van der Waals surface area (Å²) in [4.78, 5) is 11.6. The van der Waals surface area contributed by atoms with E-state index in [0.29, 0.717) is 13.0 Å². The number of anilines is 1. The van der Waals surface area contributed by atoms with Crippen LogP contribution in [0.5, 0.6) is 0 Å². The molecule has 132 valence electrons. The number of carbonyl (C=O) groups is 1. The molecule has 2 aromatic carbocycles. The summed E-state index contributed by atoms with van der Waals surface area (Å²) in [5, 5.41) is 11.0. The molecule has 1 aliphatic rings. The molecule has 1 atom stereocenters. The molecule has 3 aromatic rings. The number of para-hydroxylation sites is 1. The van der Waals surface area contributed by atoms with Crippen LogP contribution in [0.15, 0.2) is 67.0 Å². The molecule has 1 amide bonds. The van der Waals surface area contributed by atoms with Crippen molar-refractivity contribution in [3.05, 3.63) is 78.1 Å². The van der Waals surface area contributed by atoms with Crippen LogP contribution in [0.3, 0.4) is 0 Å². The topological polar surface area (TPSA) is 59.0 Å². The van der Waals surface area contributed by atoms with Crippen molar-refractivity contribution in [2.75, 3.05) is 5.32 Å². The van der Waals surface area contributed by atoms with Crippen molar-refractivity contribution in [1.29, 1.82) is 0 Å². The van der Waals surface area contributed by atoms with E-state index in [1.54, 1.807) is 0 Å². The van der Waals surface area contributed by atoms with E-state index in [-0.39, 0.29) is 11.9 Å². The number of aromatic nitrogens is 2. The third-order valence-electron chi connectivity index (χ3n) is 4.67. The van der Waals surface area contributed by atoms with Crippen LogP contribution in [-0.4, -0.2) is 15.7 Å². The zero-order chi connectivity index (χ0) is 17.8. The highest BCUT2D eigenvalue weighted by molar-refractivity contribution is 5.77. The number of piperidine rings is 1. The van der Waals surface area contributed by atoms with Gasteiger partial charge in [0.1, 0.15) is 0 Å². The van der Waals surface area contributed by atoms with Gasteiger partial charge in [-0.25, -0.2) is 4.68 Å². The fourth-order valence-electron chi connectivity index (χ4n) is 3.30. The fourth-order valence-corrected chi connectivity index (χ4v) is 3.30. The zero-order valence-electron chi connectivity index (χ0n) is 14.6. The van der Waals surface area contributed by atoms with Crippen molar-refractivity contribution in [1.82, 2.24) is 15.1 Å². The quantitative estimate of drug-likeness (QED) is 0.738. The standard InChI is InChI=1S/C21H22N4O/c26-21-11-5-10-20(24-21)17-6-4-7-18(12-17)22-13-16-14-23-25(15-16)19-8-2-1-3-9-19/h1-4,6-9,12,14-15,20,22H,5,10-11,13H2,(H,24,26). The largest absolute Gasteiger partial charge is 0.381 e. The molecule has 1 unspecified atom stereocenters. The number of hydrogen-bond donors (Lipinski definition) is 2. The van der Waals surface area contributed by atoms with Crippen molar-refractivity contribution in [3.8, 4) is 5.69 Å². The Hall–Kier alpha value is -3.08. The maximum absolute atomic E-state index is 11.6. The Morgan fingerprint density at radius 3 is 2.88 bits per heavy atom. The molecule has 0 saturated carbocycles. The molecule has 2 N–H and O–H groups in total. The van der Waals surface area contributed by atoms with E-state index in [9.17, 15) is 4.79 Å². The number of amides is 1. The smallest absolute Gasteiger partial charge is 0.220 e. The Morgan fingerprint density at radius 2 is 2.04 bits per heavy atom. The average Bonchev–Trinajstić information content (AvgIpc) is 3.16. The third kappa shape index (κ3) is 3.77. The van der Waals surface area contributed by atoms with E-state index in [2.05, 4.69) is 33.9 Å². The van der Waals surface area contributed by atoms with Gasteiger partial charge in [-0.3, -0.25) is 4.79 Å². The minimum Gasteiger partial charge on any atom is -0.381 e. The second kappa shape index (κ2) is 7.44. The number of nitrogens with one attached hydrogen (secondary N) is 2. The fraction of sp³-hybridized carbons (Fsp3) is 0.238. The van der Waals surface area contributed by atoms with Gasteiger partial charge in [-0.05, 0) is 42.7 Å². The van der Waals surface area contributed by atoms with E-state index in [1.165, 1.54) is 0 Å². The van der Waals surface area contributed by atoms with Crippen LogP contribution >= 0.6 is 0 Å². The van der Waals surface area contributed by atoms with E-state index in [1.807, 2.05) is 53.5 Å². The summed E-state index contributed by atoms with van der Waals surface area (Å²) in [5.41, 5.74) is 4.37. The second-order valence-corrected chi connectivity index (χ2v) is 6.62. The maximum atomic E-state index is 11.6. The van der Waals surface area contributed by atoms with Crippen LogP contribution in [0, 0.1) is 0 Å². The predicted molar refractivity (Wildman–Crippen MR) is 102 cm³/mol. The molecular formula is C21H22N4O. The molecule has 1 saturated heterocycles. The van der Waals surface area contributed by atoms with E-state index in [0.717, 1.165) is 35.3 Å². The predicted octanol–water partition coefficient (Wildman–Crippen LogP) is 3.83. The summed E-state index contributed by atoms with van der Waals surface area (Å²) in [6.45, 7) is 0.702. The van der Waals surface area contributed by atoms with Gasteiger partial charge in [0, 0.05) is 30.4 Å². The Kier molecular flexibility index (Phi) is 4.69. The van der Waals surface area contributed by atoms with Crippen LogP contribution in [0.2, 0.25) is 0 Å². The van der Waals surface area contributed by atoms with E-state index < -0.39 is 0 Å². The van der Waals surface area contributed by atoms with E-state index >= 15 is 0 Å². The van der Waals surface area contributed by atoms with E-state index in [4.69, 9.17) is 0 Å². The molecule has 0 bridgehead atoms. The highest BCUT2D eigenvalue weighted by Gasteiger charge is 2.19. The number of benzene rings is 2. The van der Waals surface area contributed by atoms with Gasteiger partial charge in [-0.1, -0.05) is 30.3 Å². The molecule has 2 heterocycles. The first kappa shape index (κ1) is 16.4. The molecule has 1 aromatic heterocycles. The van der Waals surface area contributed by atoms with Gasteiger partial charge in [0.2, 0.25) is 5.91 Å². The lowest BCUT2D eigenvalue weighted by molar-refractivity contribution is -0.123. The van der Waals surface area contributed by atoms with Crippen LogP contribution in [0.1, 0.15) is 36.4 Å². The molecule has 4 rings (SSSR count). The highest BCUT2D eigenvalue weighted by Crippen LogP contribution is 2.25. The lowest BCUT2D eigenvalue weighted by Crippen LogP contribution is -2.32. The maximum Gasteiger partial charge on any atom is 0.220 e. The third-order valence-corrected chi connectivity index (χ3v) is 4.67. The zero-order valence-corrected chi connectivity index (χ0v) is 14.6. The summed E-state index contributed by atoms with van der Waals surface area (Å²) >= 11 is 0. The Morgan fingerprint density at radius 1 is 1.15 bits per heavy atom. The molecule has 0 aliphatic carbocycles. The summed E-state index contributed by atoms with van der Waals surface area (Å²) in [6.07, 6.45) is 6.50. The molecule has 1 aliphatic heterocycles. The average molecular weight is 346 g/mol. The van der Waals surface area contributed by atoms with Gasteiger partial charge in [0.05, 0.1) is 17.9 Å². The number of hydrogen-bond acceptors (Lipinski definition) is 3. The monoisotopic (exact) mass is 346 g/mol. The molecular weight excluding hydrogens is 324 g/mol. The van der Waals surface area contributed by atoms with Crippen molar-refractivity contribution < 1.29 is 4.79 Å². The minimum atomic E-state index is 0.124. The highest BCUT2D eigenvalue weighted by atomic mass is 16.1. The van der Waals surface area contributed by atoms with Crippen molar-refractivity contribution >= 4 is 11.6 Å². The first-order valence-corrected chi connectivity index (χ1v) is 9.00. The molecule has 26 heavy (non-hydrogen) atoms. The summed E-state index contributed by atoms with van der Waals surface area (Å²) in [5.74, 6) is 0.146. The van der Waals surface area contributed by atoms with Gasteiger partial charge in [0.15, 0.2) is 0 Å². The number of rotatable bonds is 5. The first-order valence-electron chi connectivity index (χ1n) is 9.00. The summed E-state index contributed by atoms with van der Waals surface area (Å²) < 4.78 is 1.88. The van der Waals surface area contributed by atoms with Gasteiger partial charge >= 0.3 is 0 Å². The van der Waals surface area contributed by atoms with Gasteiger partial charge < -0.3 is 10.6 Å². The number of nitrogens with zero attached hydrogens (tertiary/aromatic N) is 2. The first-order chi connectivity index (χ1) is 12.8. The van der Waals surface area contributed by atoms with Crippen molar-refractivity contribution in [3.63, 3.8) is 0 Å². The van der Waals surface area contributed by atoms with Crippen LogP contribution < -0.4 is 10.6 Å². The lowest BCUT2D eigenvalue weighted by atomic mass is 9.97. The van der Waals surface area contributed by atoms with Gasteiger partial charge in [-0.15, -0.1) is 0 Å². The SMILES string of the molecule is O=C1CCCC(c2cccc(NCc3cnn(-c4ccccc4)c3)c2)N1. The Labute approximate surface area is 153 Å². The summed E-state index contributed by atoms with van der Waals surface area (Å²) in [7, 11) is 0. The molecule has 0 spiro atoms. The molecule has 1 fully saturated rings. The lowest BCUT2D eigenvalue weighted by Gasteiger charge is -2.24. The molecule has 5 nitrogen and oxygen atoms in total. The summed E-state index contributed by atoms with van der Waals surface area (Å²) in [6, 6.07) is 18.5. The van der Waals surface area contributed by atoms with Gasteiger partial charge in [-0.2, -0.15) is 5.10 Å². The minimum absolute atomic E-state index is 0.124. The van der Waals surface area contributed by atoms with Crippen molar-refractivity contribution in [2.45, 2.75) is 31.8 Å². The Balaban J connectivity index is 1.41. The number of carbonyl (C=O) groups excluding carboxylic acids is 1. The van der Waals surface area contributed by atoms with Crippen LogP contribution in [0.25, 0.3) is 5.69 Å². The molecule has 0 radical (unpaired) electrons. The second-order valence-electron chi connectivity index (χ2n) is 6.62. The normalized spacial score (nSPS) is 16.9. The van der Waals surface area contributed by atoms with Crippen molar-refractivity contribution in [2.24, 2.45) is 0 Å². The van der Waals surface area contributed by atoms with Crippen LogP contribution in [-0.2, 0) is 11.3 Å². The van der Waals surface area contributed by atoms with Crippen LogP contribution in [0.4, 0.5) is 5.69 Å². The Bertz CT molecular complexity index is 888.